The molecule has 4 nitrogen and oxygen atoms in total. The molecule has 0 bridgehead atoms. The predicted molar refractivity (Wildman–Crippen MR) is 94.0 cm³/mol. The Morgan fingerprint density at radius 1 is 1.40 bits per heavy atom. The maximum Gasteiger partial charge on any atom is 0.253 e. The number of hydrogen-bond donors (Lipinski definition) is 1. The maximum absolute atomic E-state index is 13.1. The molecule has 2 aromatic rings. The first-order chi connectivity index (χ1) is 12.0. The summed E-state index contributed by atoms with van der Waals surface area (Å²) in [6, 6.07) is 7.55. The largest absolute Gasteiger partial charge is 0.494 e. The highest BCUT2D eigenvalue weighted by Crippen LogP contribution is 2.35. The number of rotatable bonds is 5. The summed E-state index contributed by atoms with van der Waals surface area (Å²) in [5, 5.41) is 2.87. The monoisotopic (exact) mass is 363 g/mol. The molecule has 1 atom stereocenters. The fraction of sp³-hybridized carbons (Fsp3) is 0.316. The molecule has 1 amide bonds. The minimum atomic E-state index is -0.481. The van der Waals surface area contributed by atoms with Crippen molar-refractivity contribution >= 4 is 17.5 Å². The summed E-state index contributed by atoms with van der Waals surface area (Å²) in [6.07, 6.45) is 0.972. The van der Waals surface area contributed by atoms with Crippen molar-refractivity contribution < 1.29 is 18.7 Å². The molecule has 0 unspecified atom stereocenters. The van der Waals surface area contributed by atoms with Gasteiger partial charge in [0.25, 0.3) is 5.91 Å². The number of carbonyl (C=O) groups excluding carboxylic acids is 1. The lowest BCUT2D eigenvalue weighted by Crippen LogP contribution is -2.23. The van der Waals surface area contributed by atoms with Crippen LogP contribution in [0.1, 0.15) is 35.3 Å². The van der Waals surface area contributed by atoms with Crippen LogP contribution in [0.4, 0.5) is 4.39 Å². The molecule has 1 N–H and O–H groups in total. The van der Waals surface area contributed by atoms with Crippen LogP contribution in [0.3, 0.4) is 0 Å². The Morgan fingerprint density at radius 2 is 2.20 bits per heavy atom. The average Bonchev–Trinajstić information content (AvgIpc) is 2.91. The first kappa shape index (κ1) is 17.5. The smallest absolute Gasteiger partial charge is 0.253 e. The normalized spacial score (nSPS) is 15.4. The zero-order chi connectivity index (χ0) is 18.0. The third-order valence-corrected chi connectivity index (χ3v) is 4.31. The van der Waals surface area contributed by atoms with E-state index in [-0.39, 0.29) is 29.1 Å². The van der Waals surface area contributed by atoms with Gasteiger partial charge in [0, 0.05) is 24.1 Å². The lowest BCUT2D eigenvalue weighted by molar-refractivity contribution is 0.0950. The Bertz CT molecular complexity index is 809. The second-order valence-electron chi connectivity index (χ2n) is 5.94. The Labute approximate surface area is 150 Å². The molecule has 0 saturated heterocycles. The van der Waals surface area contributed by atoms with E-state index in [1.54, 1.807) is 0 Å². The topological polar surface area (TPSA) is 47.6 Å². The Kier molecular flexibility index (Phi) is 5.13. The van der Waals surface area contributed by atoms with Gasteiger partial charge in [-0.15, -0.1) is 0 Å². The van der Waals surface area contributed by atoms with Crippen molar-refractivity contribution in [3.8, 4) is 11.5 Å². The number of benzene rings is 2. The Morgan fingerprint density at radius 3 is 2.92 bits per heavy atom. The van der Waals surface area contributed by atoms with Gasteiger partial charge in [-0.3, -0.25) is 4.79 Å². The van der Waals surface area contributed by atoms with E-state index in [1.165, 1.54) is 12.1 Å². The summed E-state index contributed by atoms with van der Waals surface area (Å²) < 4.78 is 24.6. The Hall–Kier alpha value is -2.27. The van der Waals surface area contributed by atoms with Crippen molar-refractivity contribution in [1.82, 2.24) is 5.32 Å². The molecule has 3 rings (SSSR count). The summed E-state index contributed by atoms with van der Waals surface area (Å²) in [5.74, 6) is 0.691. The van der Waals surface area contributed by atoms with Crippen LogP contribution < -0.4 is 14.8 Å². The molecule has 0 spiro atoms. The van der Waals surface area contributed by atoms with Gasteiger partial charge in [-0.1, -0.05) is 11.6 Å². The molecular weight excluding hydrogens is 345 g/mol. The molecule has 6 heteroatoms. The van der Waals surface area contributed by atoms with E-state index in [1.807, 2.05) is 26.0 Å². The lowest BCUT2D eigenvalue weighted by Gasteiger charge is -2.13. The van der Waals surface area contributed by atoms with Gasteiger partial charge in [0.05, 0.1) is 17.2 Å². The van der Waals surface area contributed by atoms with E-state index in [0.717, 1.165) is 35.1 Å². The Balaban J connectivity index is 1.78. The molecule has 25 heavy (non-hydrogen) atoms. The van der Waals surface area contributed by atoms with Crippen LogP contribution in [0.5, 0.6) is 11.5 Å². The van der Waals surface area contributed by atoms with Crippen molar-refractivity contribution in [1.29, 1.82) is 0 Å². The van der Waals surface area contributed by atoms with Crippen molar-refractivity contribution in [3.05, 3.63) is 57.9 Å². The zero-order valence-electron chi connectivity index (χ0n) is 14.1. The highest BCUT2D eigenvalue weighted by atomic mass is 35.5. The number of fused-ring (bicyclic) bond motifs is 1. The van der Waals surface area contributed by atoms with E-state index in [4.69, 9.17) is 21.1 Å². The predicted octanol–water partition coefficient (Wildman–Crippen LogP) is 4.13. The second kappa shape index (κ2) is 7.31. The molecule has 0 aliphatic carbocycles. The molecule has 1 heterocycles. The van der Waals surface area contributed by atoms with Crippen LogP contribution in [-0.4, -0.2) is 18.6 Å². The fourth-order valence-corrected chi connectivity index (χ4v) is 3.11. The average molecular weight is 364 g/mol. The van der Waals surface area contributed by atoms with Gasteiger partial charge in [-0.25, -0.2) is 4.39 Å². The zero-order valence-corrected chi connectivity index (χ0v) is 14.8. The summed E-state index contributed by atoms with van der Waals surface area (Å²) in [7, 11) is 0. The lowest BCUT2D eigenvalue weighted by atomic mass is 10.1. The second-order valence-corrected chi connectivity index (χ2v) is 6.35. The van der Waals surface area contributed by atoms with Crippen LogP contribution in [-0.2, 0) is 13.0 Å². The highest BCUT2D eigenvalue weighted by Gasteiger charge is 2.22. The van der Waals surface area contributed by atoms with Gasteiger partial charge in [0.15, 0.2) is 0 Å². The highest BCUT2D eigenvalue weighted by molar-refractivity contribution is 6.33. The fourth-order valence-electron chi connectivity index (χ4n) is 2.85. The molecule has 0 aromatic heterocycles. The molecule has 0 fully saturated rings. The van der Waals surface area contributed by atoms with E-state index < -0.39 is 5.82 Å². The first-order valence-corrected chi connectivity index (χ1v) is 8.54. The summed E-state index contributed by atoms with van der Waals surface area (Å²) in [4.78, 5) is 12.3. The number of amides is 1. The molecule has 1 aliphatic heterocycles. The van der Waals surface area contributed by atoms with Gasteiger partial charge in [0.1, 0.15) is 23.4 Å². The molecule has 1 aliphatic rings. The van der Waals surface area contributed by atoms with Gasteiger partial charge in [0.2, 0.25) is 0 Å². The van der Waals surface area contributed by atoms with Crippen LogP contribution in [0.25, 0.3) is 0 Å². The van der Waals surface area contributed by atoms with Gasteiger partial charge in [-0.2, -0.15) is 0 Å². The van der Waals surface area contributed by atoms with Crippen LogP contribution in [0, 0.1) is 5.82 Å². The number of ether oxygens (including phenoxy) is 2. The standard InChI is InChI=1S/C19H19ClFNO3/c1-3-24-17-7-12-6-11(2)25-18(12)8-13(17)10-22-19(23)15-5-4-14(21)9-16(15)20/h4-5,7-9,11H,3,6,10H2,1-2H3,(H,22,23)/t11-/m1/s1. The van der Waals surface area contributed by atoms with E-state index in [2.05, 4.69) is 5.32 Å². The van der Waals surface area contributed by atoms with E-state index >= 15 is 0 Å². The van der Waals surface area contributed by atoms with Crippen LogP contribution in [0.15, 0.2) is 30.3 Å². The van der Waals surface area contributed by atoms with Crippen LogP contribution >= 0.6 is 11.6 Å². The van der Waals surface area contributed by atoms with Gasteiger partial charge in [-0.05, 0) is 44.2 Å². The van der Waals surface area contributed by atoms with Crippen molar-refractivity contribution in [2.24, 2.45) is 0 Å². The number of carbonyl (C=O) groups is 1. The van der Waals surface area contributed by atoms with E-state index in [9.17, 15) is 9.18 Å². The number of hydrogen-bond acceptors (Lipinski definition) is 3. The van der Waals surface area contributed by atoms with Gasteiger partial charge < -0.3 is 14.8 Å². The minimum Gasteiger partial charge on any atom is -0.494 e. The van der Waals surface area contributed by atoms with Crippen LogP contribution in [0.2, 0.25) is 5.02 Å². The quantitative estimate of drug-likeness (QED) is 0.868. The number of nitrogens with one attached hydrogen (secondary N) is 1. The number of halogens is 2. The molecule has 0 radical (unpaired) electrons. The molecule has 132 valence electrons. The molecule has 2 aromatic carbocycles. The van der Waals surface area contributed by atoms with Gasteiger partial charge >= 0.3 is 0 Å². The summed E-state index contributed by atoms with van der Waals surface area (Å²) >= 11 is 5.93. The minimum absolute atomic E-state index is 0.0774. The molecular formula is C19H19ClFNO3. The SMILES string of the molecule is CCOc1cc2c(cc1CNC(=O)c1ccc(F)cc1Cl)O[C@H](C)C2. The van der Waals surface area contributed by atoms with E-state index in [0.29, 0.717) is 6.61 Å². The molecule has 0 saturated carbocycles. The third-order valence-electron chi connectivity index (χ3n) is 3.99. The maximum atomic E-state index is 13.1. The summed E-state index contributed by atoms with van der Waals surface area (Å²) in [6.45, 7) is 4.71. The van der Waals surface area contributed by atoms with Crippen molar-refractivity contribution in [2.75, 3.05) is 6.61 Å². The first-order valence-electron chi connectivity index (χ1n) is 8.16. The van der Waals surface area contributed by atoms with Crippen molar-refractivity contribution in [3.63, 3.8) is 0 Å². The van der Waals surface area contributed by atoms with Crippen molar-refractivity contribution in [2.45, 2.75) is 32.9 Å². The third kappa shape index (κ3) is 3.87. The summed E-state index contributed by atoms with van der Waals surface area (Å²) in [5.41, 5.74) is 2.15.